The highest BCUT2D eigenvalue weighted by Gasteiger charge is 2.02. The number of aromatic nitrogens is 3. The van der Waals surface area contributed by atoms with Crippen molar-refractivity contribution in [1.29, 1.82) is 0 Å². The molecule has 0 fully saturated rings. The Hall–Kier alpha value is -1.64. The van der Waals surface area contributed by atoms with Crippen LogP contribution < -0.4 is 0 Å². The van der Waals surface area contributed by atoms with Crippen molar-refractivity contribution < 1.29 is 0 Å². The van der Waals surface area contributed by atoms with E-state index < -0.39 is 0 Å². The SMILES string of the molecule is [CH2]CCCCCCCCCCCn1cc(-c2ccccc2)nn1. The number of hydrogen-bond acceptors (Lipinski definition) is 2. The zero-order chi connectivity index (χ0) is 16.2. The number of unbranched alkanes of at least 4 members (excludes halogenated alkanes) is 9. The lowest BCUT2D eigenvalue weighted by molar-refractivity contribution is 0.508. The minimum absolute atomic E-state index is 0.966. The molecule has 0 spiro atoms. The van der Waals surface area contributed by atoms with Crippen molar-refractivity contribution in [2.24, 2.45) is 0 Å². The third kappa shape index (κ3) is 6.98. The highest BCUT2D eigenvalue weighted by molar-refractivity contribution is 5.56. The minimum Gasteiger partial charge on any atom is -0.252 e. The molecule has 1 aromatic carbocycles. The monoisotopic (exact) mass is 312 g/mol. The molecule has 0 saturated carbocycles. The van der Waals surface area contributed by atoms with Crippen LogP contribution in [0.4, 0.5) is 0 Å². The zero-order valence-electron chi connectivity index (χ0n) is 14.3. The molecule has 0 aliphatic carbocycles. The van der Waals surface area contributed by atoms with E-state index in [-0.39, 0.29) is 0 Å². The van der Waals surface area contributed by atoms with Gasteiger partial charge in [-0.1, -0.05) is 100 Å². The second kappa shape index (κ2) is 11.0. The maximum absolute atomic E-state index is 4.26. The lowest BCUT2D eigenvalue weighted by Gasteiger charge is -2.02. The Morgan fingerprint density at radius 3 is 2.04 bits per heavy atom. The van der Waals surface area contributed by atoms with E-state index in [2.05, 4.69) is 35.6 Å². The fraction of sp³-hybridized carbons (Fsp3) is 0.550. The molecule has 3 heteroatoms. The van der Waals surface area contributed by atoms with E-state index in [1.54, 1.807) is 0 Å². The van der Waals surface area contributed by atoms with Gasteiger partial charge >= 0.3 is 0 Å². The van der Waals surface area contributed by atoms with Crippen LogP contribution in [0.25, 0.3) is 11.3 Å². The van der Waals surface area contributed by atoms with E-state index in [9.17, 15) is 0 Å². The first-order chi connectivity index (χ1) is 11.4. The summed E-state index contributed by atoms with van der Waals surface area (Å²) >= 11 is 0. The quantitative estimate of drug-likeness (QED) is 0.472. The molecular weight excluding hydrogens is 282 g/mol. The Labute approximate surface area is 141 Å². The molecular formula is C20H30N3. The molecule has 0 amide bonds. The molecule has 0 saturated heterocycles. The second-order valence-electron chi connectivity index (χ2n) is 6.27. The van der Waals surface area contributed by atoms with Crippen molar-refractivity contribution >= 4 is 0 Å². The van der Waals surface area contributed by atoms with E-state index in [0.29, 0.717) is 0 Å². The van der Waals surface area contributed by atoms with Gasteiger partial charge in [-0.15, -0.1) is 5.10 Å². The molecule has 125 valence electrons. The number of hydrogen-bond donors (Lipinski definition) is 0. The smallest absolute Gasteiger partial charge is 0.113 e. The van der Waals surface area contributed by atoms with Gasteiger partial charge in [0, 0.05) is 12.1 Å². The maximum atomic E-state index is 4.26. The van der Waals surface area contributed by atoms with Crippen LogP contribution in [0.3, 0.4) is 0 Å². The summed E-state index contributed by atoms with van der Waals surface area (Å²) in [5, 5.41) is 8.49. The van der Waals surface area contributed by atoms with Crippen LogP contribution in [0, 0.1) is 6.92 Å². The maximum Gasteiger partial charge on any atom is 0.113 e. The summed E-state index contributed by atoms with van der Waals surface area (Å²) in [4.78, 5) is 0. The first kappa shape index (κ1) is 17.7. The Bertz CT molecular complexity index is 519. The molecule has 23 heavy (non-hydrogen) atoms. The van der Waals surface area contributed by atoms with Crippen LogP contribution in [0.2, 0.25) is 0 Å². The summed E-state index contributed by atoms with van der Waals surface area (Å²) < 4.78 is 1.97. The largest absolute Gasteiger partial charge is 0.252 e. The van der Waals surface area contributed by atoms with E-state index in [1.165, 1.54) is 57.8 Å². The summed E-state index contributed by atoms with van der Waals surface area (Å²) in [5.41, 5.74) is 2.10. The van der Waals surface area contributed by atoms with Gasteiger partial charge in [-0.25, -0.2) is 0 Å². The minimum atomic E-state index is 0.966. The Balaban J connectivity index is 1.53. The molecule has 3 nitrogen and oxygen atoms in total. The average Bonchev–Trinajstić information content (AvgIpc) is 3.06. The molecule has 0 atom stereocenters. The Morgan fingerprint density at radius 1 is 0.783 bits per heavy atom. The number of benzene rings is 1. The summed E-state index contributed by atoms with van der Waals surface area (Å²) in [7, 11) is 0. The van der Waals surface area contributed by atoms with Gasteiger partial charge in [-0.2, -0.15) is 0 Å². The number of nitrogens with zero attached hydrogens (tertiary/aromatic N) is 3. The van der Waals surface area contributed by atoms with E-state index in [4.69, 9.17) is 0 Å². The fourth-order valence-electron chi connectivity index (χ4n) is 2.84. The van der Waals surface area contributed by atoms with Crippen molar-refractivity contribution in [3.8, 4) is 11.3 Å². The second-order valence-corrected chi connectivity index (χ2v) is 6.27. The molecule has 0 unspecified atom stereocenters. The standard InChI is InChI=1S/C20H30N3/c1-2-3-4-5-6-7-8-9-10-14-17-23-18-20(21-22-23)19-15-12-11-13-16-19/h11-13,15-16,18H,1-10,14,17H2. The highest BCUT2D eigenvalue weighted by Crippen LogP contribution is 2.15. The molecule has 2 aromatic rings. The zero-order valence-corrected chi connectivity index (χ0v) is 14.3. The Kier molecular flexibility index (Phi) is 8.46. The normalized spacial score (nSPS) is 11.0. The summed E-state index contributed by atoms with van der Waals surface area (Å²) in [5.74, 6) is 0. The fourth-order valence-corrected chi connectivity index (χ4v) is 2.84. The Morgan fingerprint density at radius 2 is 1.39 bits per heavy atom. The van der Waals surface area contributed by atoms with Crippen LogP contribution in [0.5, 0.6) is 0 Å². The molecule has 1 heterocycles. The van der Waals surface area contributed by atoms with E-state index >= 15 is 0 Å². The molecule has 0 bridgehead atoms. The third-order valence-corrected chi connectivity index (χ3v) is 4.25. The van der Waals surface area contributed by atoms with Crippen molar-refractivity contribution in [3.63, 3.8) is 0 Å². The van der Waals surface area contributed by atoms with Gasteiger partial charge in [0.15, 0.2) is 0 Å². The van der Waals surface area contributed by atoms with Crippen LogP contribution in [-0.2, 0) is 6.54 Å². The predicted molar refractivity (Wildman–Crippen MR) is 97.0 cm³/mol. The van der Waals surface area contributed by atoms with Gasteiger partial charge in [-0.05, 0) is 6.42 Å². The van der Waals surface area contributed by atoms with E-state index in [1.807, 2.05) is 22.9 Å². The molecule has 2 rings (SSSR count). The molecule has 1 radical (unpaired) electrons. The lowest BCUT2D eigenvalue weighted by atomic mass is 10.1. The topological polar surface area (TPSA) is 30.7 Å². The van der Waals surface area contributed by atoms with Gasteiger partial charge in [0.1, 0.15) is 5.69 Å². The summed E-state index contributed by atoms with van der Waals surface area (Å²) in [6, 6.07) is 10.2. The number of aryl methyl sites for hydroxylation is 1. The van der Waals surface area contributed by atoms with Crippen molar-refractivity contribution in [2.75, 3.05) is 0 Å². The van der Waals surface area contributed by atoms with Crippen LogP contribution >= 0.6 is 0 Å². The van der Waals surface area contributed by atoms with Gasteiger partial charge < -0.3 is 0 Å². The summed E-state index contributed by atoms with van der Waals surface area (Å²) in [6.45, 7) is 4.86. The van der Waals surface area contributed by atoms with Gasteiger partial charge in [-0.3, -0.25) is 4.68 Å². The van der Waals surface area contributed by atoms with Crippen LogP contribution in [-0.4, -0.2) is 15.0 Å². The highest BCUT2D eigenvalue weighted by atomic mass is 15.4. The van der Waals surface area contributed by atoms with Crippen molar-refractivity contribution in [2.45, 2.75) is 70.8 Å². The average molecular weight is 312 g/mol. The van der Waals surface area contributed by atoms with Gasteiger partial charge in [0.2, 0.25) is 0 Å². The molecule has 1 aromatic heterocycles. The lowest BCUT2D eigenvalue weighted by Crippen LogP contribution is -1.98. The van der Waals surface area contributed by atoms with Crippen LogP contribution in [0.15, 0.2) is 36.5 Å². The van der Waals surface area contributed by atoms with E-state index in [0.717, 1.165) is 24.2 Å². The molecule has 0 N–H and O–H groups in total. The molecule has 0 aliphatic heterocycles. The van der Waals surface area contributed by atoms with Crippen molar-refractivity contribution in [3.05, 3.63) is 43.5 Å². The molecule has 0 aliphatic rings. The van der Waals surface area contributed by atoms with Crippen molar-refractivity contribution in [1.82, 2.24) is 15.0 Å². The van der Waals surface area contributed by atoms with Crippen LogP contribution in [0.1, 0.15) is 64.2 Å². The number of rotatable bonds is 12. The predicted octanol–water partition coefficient (Wildman–Crippen LogP) is 5.68. The third-order valence-electron chi connectivity index (χ3n) is 4.25. The first-order valence-electron chi connectivity index (χ1n) is 9.15. The van der Waals surface area contributed by atoms with Gasteiger partial charge in [0.25, 0.3) is 0 Å². The summed E-state index contributed by atoms with van der Waals surface area (Å²) in [6.07, 6.45) is 15.2. The van der Waals surface area contributed by atoms with Gasteiger partial charge in [0.05, 0.1) is 6.20 Å². The first-order valence-corrected chi connectivity index (χ1v) is 9.15.